The fourth-order valence-electron chi connectivity index (χ4n) is 1.10. The van der Waals surface area contributed by atoms with Crippen LogP contribution in [0.25, 0.3) is 0 Å². The third-order valence-corrected chi connectivity index (χ3v) is 9.07. The van der Waals surface area contributed by atoms with Crippen molar-refractivity contribution in [2.45, 2.75) is 58.7 Å². The molecule has 1 atom stereocenters. The zero-order valence-electron chi connectivity index (χ0n) is 10.1. The maximum absolute atomic E-state index is 6.20. The number of thiol groups is 1. The van der Waals surface area contributed by atoms with Crippen LogP contribution in [0.3, 0.4) is 0 Å². The summed E-state index contributed by atoms with van der Waals surface area (Å²) in [5.41, 5.74) is -0.0447. The Kier molecular flexibility index (Phi) is 4.11. The van der Waals surface area contributed by atoms with Gasteiger partial charge in [-0.3, -0.25) is 0 Å². The average Bonchev–Trinajstić information content (AvgIpc) is 1.81. The minimum Gasteiger partial charge on any atom is -0.411 e. The molecule has 0 heterocycles. The van der Waals surface area contributed by atoms with Crippen LogP contribution in [-0.2, 0) is 4.43 Å². The lowest BCUT2D eigenvalue weighted by molar-refractivity contribution is 0.111. The van der Waals surface area contributed by atoms with E-state index < -0.39 is 8.32 Å². The van der Waals surface area contributed by atoms with E-state index >= 15 is 0 Å². The van der Waals surface area contributed by atoms with Crippen LogP contribution in [0.2, 0.25) is 11.6 Å². The summed E-state index contributed by atoms with van der Waals surface area (Å²) in [5, 5.41) is 1.13. The molecule has 80 valence electrons. The third kappa shape index (κ3) is 4.04. The van der Waals surface area contributed by atoms with Crippen LogP contribution in [0, 0.1) is 0 Å². The molecule has 13 heavy (non-hydrogen) atoms. The second-order valence-electron chi connectivity index (χ2n) is 5.85. The maximum Gasteiger partial charge on any atom is 0.205 e. The van der Waals surface area contributed by atoms with Gasteiger partial charge in [0, 0.05) is 11.0 Å². The Morgan fingerprint density at radius 1 is 1.08 bits per heavy atom. The van der Waals surface area contributed by atoms with Crippen molar-refractivity contribution in [3.05, 3.63) is 0 Å². The van der Waals surface area contributed by atoms with Gasteiger partial charge in [-0.1, -0.05) is 20.8 Å². The van der Waals surface area contributed by atoms with Gasteiger partial charge < -0.3 is 4.43 Å². The molecule has 0 fully saturated rings. The van der Waals surface area contributed by atoms with Gasteiger partial charge in [-0.25, -0.2) is 0 Å². The van der Waals surface area contributed by atoms with Crippen LogP contribution in [-0.4, -0.2) is 19.3 Å². The number of hydrogen-bond donors (Lipinski definition) is 1. The van der Waals surface area contributed by atoms with Crippen molar-refractivity contribution >= 4 is 20.9 Å². The number of hydrogen-bond acceptors (Lipinski definition) is 2. The average molecular weight is 220 g/mol. The van der Waals surface area contributed by atoms with E-state index in [-0.39, 0.29) is 10.6 Å². The first-order valence-corrected chi connectivity index (χ1v) is 8.08. The van der Waals surface area contributed by atoms with Crippen LogP contribution in [0.15, 0.2) is 0 Å². The first-order chi connectivity index (χ1) is 5.52. The smallest absolute Gasteiger partial charge is 0.205 e. The second kappa shape index (κ2) is 3.95. The van der Waals surface area contributed by atoms with Gasteiger partial charge in [0.05, 0.1) is 0 Å². The summed E-state index contributed by atoms with van der Waals surface area (Å²) < 4.78 is 6.20. The highest BCUT2D eigenvalue weighted by atomic mass is 32.1. The summed E-state index contributed by atoms with van der Waals surface area (Å²) in [4.78, 5) is 0. The molecular weight excluding hydrogens is 196 g/mol. The van der Waals surface area contributed by atoms with Crippen molar-refractivity contribution in [2.75, 3.05) is 5.38 Å². The van der Waals surface area contributed by atoms with E-state index in [4.69, 9.17) is 4.43 Å². The minimum atomic E-state index is -1.70. The highest BCUT2D eigenvalue weighted by Gasteiger charge is 2.43. The lowest BCUT2D eigenvalue weighted by atomic mass is 10.2. The molecular formula is C10H24OSSi. The van der Waals surface area contributed by atoms with Gasteiger partial charge in [-0.05, 0) is 32.4 Å². The molecule has 0 aliphatic rings. The lowest BCUT2D eigenvalue weighted by Crippen LogP contribution is -2.51. The molecule has 1 unspecified atom stereocenters. The Labute approximate surface area is 89.8 Å². The Morgan fingerprint density at radius 2 is 1.46 bits per heavy atom. The first kappa shape index (κ1) is 13.5. The summed E-state index contributed by atoms with van der Waals surface area (Å²) in [5.74, 6) is 0. The zero-order valence-corrected chi connectivity index (χ0v) is 12.0. The topological polar surface area (TPSA) is 9.23 Å². The third-order valence-electron chi connectivity index (χ3n) is 2.42. The molecule has 0 bridgehead atoms. The van der Waals surface area contributed by atoms with E-state index in [0.717, 1.165) is 5.38 Å². The van der Waals surface area contributed by atoms with E-state index in [0.29, 0.717) is 0 Å². The van der Waals surface area contributed by atoms with Gasteiger partial charge in [-0.2, -0.15) is 12.6 Å². The van der Waals surface area contributed by atoms with Crippen LogP contribution in [0.5, 0.6) is 0 Å². The van der Waals surface area contributed by atoms with Gasteiger partial charge in [0.2, 0.25) is 8.32 Å². The molecule has 0 saturated heterocycles. The molecule has 0 saturated carbocycles. The Bertz CT molecular complexity index is 169. The molecule has 0 radical (unpaired) electrons. The van der Waals surface area contributed by atoms with Crippen molar-refractivity contribution in [2.24, 2.45) is 0 Å². The first-order valence-electron chi connectivity index (χ1n) is 4.83. The van der Waals surface area contributed by atoms with Gasteiger partial charge in [0.15, 0.2) is 0 Å². The van der Waals surface area contributed by atoms with E-state index in [1.807, 2.05) is 0 Å². The molecule has 0 amide bonds. The second-order valence-corrected chi connectivity index (χ2v) is 11.3. The van der Waals surface area contributed by atoms with Gasteiger partial charge in [0.25, 0.3) is 0 Å². The molecule has 0 aliphatic heterocycles. The Hall–Kier alpha value is 0.527. The molecule has 3 heteroatoms. The lowest BCUT2D eigenvalue weighted by Gasteiger charge is -2.43. The predicted octanol–water partition coefficient (Wildman–Crippen LogP) is 3.65. The standard InChI is InChI=1S/C10H24OSSi/c1-9(2,3)11-13(7,8-12)10(4,5)6/h12H,8H2,1-7H3. The van der Waals surface area contributed by atoms with Gasteiger partial charge >= 0.3 is 0 Å². The SMILES string of the molecule is CC(C)(C)O[Si](C)(CS)C(C)(C)C. The summed E-state index contributed by atoms with van der Waals surface area (Å²) in [7, 11) is -1.70. The fourth-order valence-corrected chi connectivity index (χ4v) is 4.91. The van der Waals surface area contributed by atoms with Gasteiger partial charge in [-0.15, -0.1) is 0 Å². The Balaban J connectivity index is 4.67. The molecule has 0 aromatic heterocycles. The van der Waals surface area contributed by atoms with Crippen LogP contribution < -0.4 is 0 Å². The van der Waals surface area contributed by atoms with Gasteiger partial charge in [0.1, 0.15) is 0 Å². The zero-order chi connectivity index (χ0) is 10.9. The highest BCUT2D eigenvalue weighted by molar-refractivity contribution is 7.82. The minimum absolute atomic E-state index is 0.0447. The molecule has 0 N–H and O–H groups in total. The van der Waals surface area contributed by atoms with Crippen molar-refractivity contribution in [1.29, 1.82) is 0 Å². The largest absolute Gasteiger partial charge is 0.411 e. The normalized spacial score (nSPS) is 18.5. The molecule has 0 aromatic rings. The van der Waals surface area contributed by atoms with E-state index in [1.54, 1.807) is 0 Å². The van der Waals surface area contributed by atoms with E-state index in [1.165, 1.54) is 0 Å². The summed E-state index contributed by atoms with van der Waals surface area (Å²) in [6.07, 6.45) is 0. The molecule has 0 aromatic carbocycles. The van der Waals surface area contributed by atoms with Crippen molar-refractivity contribution in [1.82, 2.24) is 0 Å². The van der Waals surface area contributed by atoms with E-state index in [2.05, 4.69) is 60.7 Å². The highest BCUT2D eigenvalue weighted by Crippen LogP contribution is 2.39. The predicted molar refractivity (Wildman–Crippen MR) is 66.0 cm³/mol. The molecule has 0 aliphatic carbocycles. The summed E-state index contributed by atoms with van der Waals surface area (Å²) >= 11 is 4.44. The van der Waals surface area contributed by atoms with Crippen molar-refractivity contribution < 1.29 is 4.43 Å². The monoisotopic (exact) mass is 220 g/mol. The molecule has 0 spiro atoms. The maximum atomic E-state index is 6.20. The number of rotatable bonds is 2. The van der Waals surface area contributed by atoms with E-state index in [9.17, 15) is 0 Å². The van der Waals surface area contributed by atoms with Crippen LogP contribution >= 0.6 is 12.6 Å². The Morgan fingerprint density at radius 3 is 1.54 bits per heavy atom. The summed E-state index contributed by atoms with van der Waals surface area (Å²) in [6.45, 7) is 15.4. The van der Waals surface area contributed by atoms with Crippen LogP contribution in [0.1, 0.15) is 41.5 Å². The van der Waals surface area contributed by atoms with Crippen molar-refractivity contribution in [3.8, 4) is 0 Å². The van der Waals surface area contributed by atoms with Crippen LogP contribution in [0.4, 0.5) is 0 Å². The molecule has 0 rings (SSSR count). The quantitative estimate of drug-likeness (QED) is 0.552. The molecule has 1 nitrogen and oxygen atoms in total. The van der Waals surface area contributed by atoms with Crippen molar-refractivity contribution in [3.63, 3.8) is 0 Å². The fraction of sp³-hybridized carbons (Fsp3) is 1.00. The summed E-state index contributed by atoms with van der Waals surface area (Å²) in [6, 6.07) is 0.